The average molecular weight is 344 g/mol. The van der Waals surface area contributed by atoms with Crippen molar-refractivity contribution in [2.75, 3.05) is 6.54 Å². The van der Waals surface area contributed by atoms with Gasteiger partial charge in [-0.1, -0.05) is 66.7 Å². The second-order valence-corrected chi connectivity index (χ2v) is 6.84. The van der Waals surface area contributed by atoms with Gasteiger partial charge in [-0.25, -0.2) is 0 Å². The van der Waals surface area contributed by atoms with Crippen molar-refractivity contribution in [1.82, 2.24) is 9.88 Å². The van der Waals surface area contributed by atoms with E-state index in [0.717, 1.165) is 0 Å². The van der Waals surface area contributed by atoms with Gasteiger partial charge in [-0.3, -0.25) is 0 Å². The molecule has 0 spiro atoms. The molecule has 0 aliphatic heterocycles. The number of para-hydroxylation sites is 2. The molecule has 0 aliphatic rings. The molecule has 1 aromatic heterocycles. The zero-order valence-electron chi connectivity index (χ0n) is 15.0. The molecule has 26 heavy (non-hydrogen) atoms. The fourth-order valence-electron chi connectivity index (χ4n) is 3.65. The van der Waals surface area contributed by atoms with E-state index in [1.54, 1.807) is 0 Å². The summed E-state index contributed by atoms with van der Waals surface area (Å²) in [6.07, 6.45) is -0.458. The summed E-state index contributed by atoms with van der Waals surface area (Å²) in [6.45, 7) is 3.25. The topological polar surface area (TPSA) is 37.2 Å². The first-order chi connectivity index (χ1) is 12.7. The van der Waals surface area contributed by atoms with Crippen LogP contribution >= 0.6 is 0 Å². The van der Waals surface area contributed by atoms with Crippen molar-refractivity contribution in [3.63, 3.8) is 0 Å². The molecule has 4 rings (SSSR count). The van der Waals surface area contributed by atoms with Gasteiger partial charge >= 0.3 is 0 Å². The molecule has 0 bridgehead atoms. The minimum Gasteiger partial charge on any atom is -0.390 e. The maximum absolute atomic E-state index is 10.7. The average Bonchev–Trinajstić information content (AvgIpc) is 3.01. The molecule has 0 amide bonds. The Balaban J connectivity index is 1.53. The van der Waals surface area contributed by atoms with Crippen LogP contribution in [-0.4, -0.2) is 22.3 Å². The lowest BCUT2D eigenvalue weighted by Gasteiger charge is -2.19. The van der Waals surface area contributed by atoms with E-state index in [0.29, 0.717) is 13.1 Å². The zero-order chi connectivity index (χ0) is 17.9. The number of hydrogen-bond acceptors (Lipinski definition) is 2. The van der Waals surface area contributed by atoms with Crippen LogP contribution in [0.3, 0.4) is 0 Å². The quantitative estimate of drug-likeness (QED) is 0.540. The van der Waals surface area contributed by atoms with Gasteiger partial charge in [0.2, 0.25) is 0 Å². The van der Waals surface area contributed by atoms with Gasteiger partial charge in [-0.05, 0) is 24.6 Å². The minimum absolute atomic E-state index is 0.212. The van der Waals surface area contributed by atoms with Gasteiger partial charge in [0.25, 0.3) is 0 Å². The Kier molecular flexibility index (Phi) is 4.74. The van der Waals surface area contributed by atoms with E-state index in [4.69, 9.17) is 0 Å². The smallest absolute Gasteiger partial charge is 0.0843 e. The second-order valence-electron chi connectivity index (χ2n) is 6.84. The zero-order valence-corrected chi connectivity index (χ0v) is 15.0. The van der Waals surface area contributed by atoms with Crippen molar-refractivity contribution in [3.05, 3.63) is 84.4 Å². The predicted octanol–water partition coefficient (Wildman–Crippen LogP) is 4.51. The SMILES string of the molecule is C[C@@H](NC[C@H](O)Cn1c2ccccc2c2ccccc21)c1ccccc1. The van der Waals surface area contributed by atoms with Crippen LogP contribution in [0, 0.1) is 0 Å². The number of nitrogens with zero attached hydrogens (tertiary/aromatic N) is 1. The van der Waals surface area contributed by atoms with Crippen LogP contribution in [0.2, 0.25) is 0 Å². The van der Waals surface area contributed by atoms with Crippen molar-refractivity contribution in [2.45, 2.75) is 25.6 Å². The van der Waals surface area contributed by atoms with E-state index in [9.17, 15) is 5.11 Å². The minimum atomic E-state index is -0.458. The fourth-order valence-corrected chi connectivity index (χ4v) is 3.65. The van der Waals surface area contributed by atoms with Crippen LogP contribution in [0.4, 0.5) is 0 Å². The molecule has 4 aromatic rings. The Morgan fingerprint density at radius 1 is 0.808 bits per heavy atom. The Bertz CT molecular complexity index is 953. The lowest BCUT2D eigenvalue weighted by molar-refractivity contribution is 0.151. The first kappa shape index (κ1) is 16.8. The van der Waals surface area contributed by atoms with Gasteiger partial charge in [-0.15, -0.1) is 0 Å². The normalized spacial score (nSPS) is 13.9. The molecule has 3 aromatic carbocycles. The molecule has 0 aliphatic carbocycles. The third kappa shape index (κ3) is 3.24. The van der Waals surface area contributed by atoms with Gasteiger partial charge in [0.05, 0.1) is 12.6 Å². The highest BCUT2D eigenvalue weighted by molar-refractivity contribution is 6.07. The summed E-state index contributed by atoms with van der Waals surface area (Å²) in [6, 6.07) is 27.3. The summed E-state index contributed by atoms with van der Waals surface area (Å²) in [7, 11) is 0. The van der Waals surface area contributed by atoms with E-state index in [1.807, 2.05) is 18.2 Å². The molecule has 0 unspecified atom stereocenters. The number of nitrogens with one attached hydrogen (secondary N) is 1. The summed E-state index contributed by atoms with van der Waals surface area (Å²) >= 11 is 0. The first-order valence-electron chi connectivity index (χ1n) is 9.16. The van der Waals surface area contributed by atoms with E-state index < -0.39 is 6.10 Å². The number of rotatable bonds is 6. The standard InChI is InChI=1S/C23H24N2O/c1-17(18-9-3-2-4-10-18)24-15-19(26)16-25-22-13-7-5-11-20(22)21-12-6-8-14-23(21)25/h2-14,17,19,24,26H,15-16H2,1H3/t17-,19+/m1/s1. The van der Waals surface area contributed by atoms with Gasteiger partial charge in [0, 0.05) is 34.4 Å². The molecule has 132 valence electrons. The highest BCUT2D eigenvalue weighted by Gasteiger charge is 2.14. The second kappa shape index (κ2) is 7.32. The summed E-state index contributed by atoms with van der Waals surface area (Å²) in [5.74, 6) is 0. The van der Waals surface area contributed by atoms with E-state index in [1.165, 1.54) is 27.4 Å². The molecule has 3 heteroatoms. The Hall–Kier alpha value is -2.62. The monoisotopic (exact) mass is 344 g/mol. The Labute approximate surface area is 153 Å². The van der Waals surface area contributed by atoms with Gasteiger partial charge in [0.15, 0.2) is 0 Å². The molecule has 0 saturated carbocycles. The molecule has 2 N–H and O–H groups in total. The van der Waals surface area contributed by atoms with Crippen LogP contribution in [0.15, 0.2) is 78.9 Å². The Morgan fingerprint density at radius 2 is 1.35 bits per heavy atom. The van der Waals surface area contributed by atoms with Crippen LogP contribution < -0.4 is 5.32 Å². The van der Waals surface area contributed by atoms with Gasteiger partial charge < -0.3 is 15.0 Å². The van der Waals surface area contributed by atoms with Gasteiger partial charge in [0.1, 0.15) is 0 Å². The number of aliphatic hydroxyl groups excluding tert-OH is 1. The largest absolute Gasteiger partial charge is 0.390 e. The summed E-state index contributed by atoms with van der Waals surface area (Å²) < 4.78 is 2.23. The maximum atomic E-state index is 10.7. The van der Waals surface area contributed by atoms with E-state index >= 15 is 0 Å². The third-order valence-corrected chi connectivity index (χ3v) is 5.03. The molecule has 0 saturated heterocycles. The lowest BCUT2D eigenvalue weighted by Crippen LogP contribution is -2.32. The molecule has 1 heterocycles. The highest BCUT2D eigenvalue weighted by Crippen LogP contribution is 2.28. The number of fused-ring (bicyclic) bond motifs is 3. The summed E-state index contributed by atoms with van der Waals surface area (Å²) in [5.41, 5.74) is 3.57. The maximum Gasteiger partial charge on any atom is 0.0843 e. The van der Waals surface area contributed by atoms with Crippen LogP contribution in [0.1, 0.15) is 18.5 Å². The van der Waals surface area contributed by atoms with Crippen LogP contribution in [-0.2, 0) is 6.54 Å². The molecular weight excluding hydrogens is 320 g/mol. The van der Waals surface area contributed by atoms with Crippen LogP contribution in [0.25, 0.3) is 21.8 Å². The van der Waals surface area contributed by atoms with Gasteiger partial charge in [-0.2, -0.15) is 0 Å². The lowest BCUT2D eigenvalue weighted by atomic mass is 10.1. The Morgan fingerprint density at radius 3 is 1.96 bits per heavy atom. The number of hydrogen-bond donors (Lipinski definition) is 2. The number of aliphatic hydroxyl groups is 1. The van der Waals surface area contributed by atoms with Crippen molar-refractivity contribution < 1.29 is 5.11 Å². The van der Waals surface area contributed by atoms with E-state index in [2.05, 4.69) is 77.5 Å². The molecule has 0 fully saturated rings. The highest BCUT2D eigenvalue weighted by atomic mass is 16.3. The predicted molar refractivity (Wildman–Crippen MR) is 108 cm³/mol. The molecular formula is C23H24N2O. The number of aromatic nitrogens is 1. The molecule has 2 atom stereocenters. The summed E-state index contributed by atoms with van der Waals surface area (Å²) in [5, 5.41) is 16.6. The van der Waals surface area contributed by atoms with Crippen LogP contribution in [0.5, 0.6) is 0 Å². The molecule has 3 nitrogen and oxygen atoms in total. The third-order valence-electron chi connectivity index (χ3n) is 5.03. The first-order valence-corrected chi connectivity index (χ1v) is 9.16. The van der Waals surface area contributed by atoms with Crippen molar-refractivity contribution in [2.24, 2.45) is 0 Å². The van der Waals surface area contributed by atoms with Crippen molar-refractivity contribution in [3.8, 4) is 0 Å². The fraction of sp³-hybridized carbons (Fsp3) is 0.217. The summed E-state index contributed by atoms with van der Waals surface area (Å²) in [4.78, 5) is 0. The molecule has 0 radical (unpaired) electrons. The van der Waals surface area contributed by atoms with Crippen molar-refractivity contribution >= 4 is 21.8 Å². The number of benzene rings is 3. The van der Waals surface area contributed by atoms with Crippen molar-refractivity contribution in [1.29, 1.82) is 0 Å². The van der Waals surface area contributed by atoms with E-state index in [-0.39, 0.29) is 6.04 Å².